The van der Waals surface area contributed by atoms with Crippen LogP contribution >= 0.6 is 0 Å². The summed E-state index contributed by atoms with van der Waals surface area (Å²) in [5, 5.41) is 5.38. The third kappa shape index (κ3) is 9.42. The van der Waals surface area contributed by atoms with Crippen LogP contribution in [0.4, 0.5) is 26.3 Å². The number of hydrogen-bond acceptors (Lipinski definition) is 6. The Labute approximate surface area is 139 Å². The van der Waals surface area contributed by atoms with E-state index in [1.807, 2.05) is 0 Å². The van der Waals surface area contributed by atoms with Gasteiger partial charge in [-0.05, 0) is 0 Å². The molecule has 0 aliphatic heterocycles. The SMILES string of the molecule is NCCNCCN(CCN)C(NC(=O)C(F)(F)F)NC(=O)C(F)(F)F. The number of nitrogens with two attached hydrogens (primary N) is 2. The van der Waals surface area contributed by atoms with Gasteiger partial charge >= 0.3 is 24.2 Å². The Morgan fingerprint density at radius 3 is 1.68 bits per heavy atom. The maximum atomic E-state index is 12.4. The van der Waals surface area contributed by atoms with E-state index in [9.17, 15) is 35.9 Å². The minimum Gasteiger partial charge on any atom is -0.329 e. The van der Waals surface area contributed by atoms with Crippen LogP contribution in [-0.4, -0.2) is 74.6 Å². The van der Waals surface area contributed by atoms with Crippen LogP contribution in [-0.2, 0) is 9.59 Å². The molecule has 0 atom stereocenters. The highest BCUT2D eigenvalue weighted by molar-refractivity contribution is 5.84. The van der Waals surface area contributed by atoms with Gasteiger partial charge < -0.3 is 27.4 Å². The topological polar surface area (TPSA) is 126 Å². The second kappa shape index (κ2) is 10.4. The molecule has 0 heterocycles. The van der Waals surface area contributed by atoms with Crippen molar-refractivity contribution in [1.82, 2.24) is 20.9 Å². The van der Waals surface area contributed by atoms with Gasteiger partial charge in [0.1, 0.15) is 0 Å². The van der Waals surface area contributed by atoms with Crippen molar-refractivity contribution in [3.05, 3.63) is 0 Å². The molecule has 0 aromatic rings. The normalized spacial score (nSPS) is 12.6. The molecule has 14 heteroatoms. The lowest BCUT2D eigenvalue weighted by atomic mass is 10.4. The maximum absolute atomic E-state index is 12.4. The van der Waals surface area contributed by atoms with Crippen molar-refractivity contribution in [2.75, 3.05) is 39.3 Å². The molecule has 0 spiro atoms. The van der Waals surface area contributed by atoms with E-state index in [2.05, 4.69) is 5.32 Å². The van der Waals surface area contributed by atoms with Crippen molar-refractivity contribution in [2.24, 2.45) is 11.5 Å². The van der Waals surface area contributed by atoms with Gasteiger partial charge in [-0.2, -0.15) is 26.3 Å². The van der Waals surface area contributed by atoms with E-state index in [0.717, 1.165) is 4.90 Å². The first-order valence-electron chi connectivity index (χ1n) is 7.03. The fourth-order valence-corrected chi connectivity index (χ4v) is 1.62. The number of halogens is 6. The summed E-state index contributed by atoms with van der Waals surface area (Å²) in [6.07, 6.45) is -12.7. The molecule has 0 aromatic carbocycles. The molecule has 0 radical (unpaired) electrons. The summed E-state index contributed by atoms with van der Waals surface area (Å²) < 4.78 is 74.2. The Morgan fingerprint density at radius 1 is 0.840 bits per heavy atom. The predicted molar refractivity (Wildman–Crippen MR) is 74.7 cm³/mol. The summed E-state index contributed by atoms with van der Waals surface area (Å²) >= 11 is 0. The molecule has 0 rings (SSSR count). The van der Waals surface area contributed by atoms with Gasteiger partial charge in [-0.1, -0.05) is 0 Å². The van der Waals surface area contributed by atoms with E-state index in [0.29, 0.717) is 6.54 Å². The molecule has 148 valence electrons. The zero-order valence-corrected chi connectivity index (χ0v) is 13.0. The van der Waals surface area contributed by atoms with Gasteiger partial charge in [-0.3, -0.25) is 14.5 Å². The van der Waals surface area contributed by atoms with E-state index in [4.69, 9.17) is 11.5 Å². The van der Waals surface area contributed by atoms with Crippen molar-refractivity contribution in [3.8, 4) is 0 Å². The minimum atomic E-state index is -5.34. The number of nitrogens with zero attached hydrogens (tertiary/aromatic N) is 1. The third-order valence-electron chi connectivity index (χ3n) is 2.73. The van der Waals surface area contributed by atoms with Crippen LogP contribution in [0.5, 0.6) is 0 Å². The Morgan fingerprint density at radius 2 is 1.32 bits per heavy atom. The van der Waals surface area contributed by atoms with Gasteiger partial charge in [0, 0.05) is 39.3 Å². The molecule has 2 amide bonds. The molecule has 0 aromatic heterocycles. The molecule has 0 bridgehead atoms. The average Bonchev–Trinajstić information content (AvgIpc) is 2.47. The largest absolute Gasteiger partial charge is 0.471 e. The van der Waals surface area contributed by atoms with Crippen molar-refractivity contribution < 1.29 is 35.9 Å². The van der Waals surface area contributed by atoms with Crippen LogP contribution in [0.15, 0.2) is 0 Å². The highest BCUT2D eigenvalue weighted by atomic mass is 19.4. The minimum absolute atomic E-state index is 0.113. The molecule has 0 aliphatic carbocycles. The van der Waals surface area contributed by atoms with Crippen molar-refractivity contribution in [2.45, 2.75) is 18.6 Å². The lowest BCUT2D eigenvalue weighted by molar-refractivity contribution is -0.181. The smallest absolute Gasteiger partial charge is 0.329 e. The Kier molecular flexibility index (Phi) is 9.69. The summed E-state index contributed by atoms with van der Waals surface area (Å²) in [6, 6.07) is 0. The van der Waals surface area contributed by atoms with Gasteiger partial charge in [0.25, 0.3) is 0 Å². The van der Waals surface area contributed by atoms with E-state index < -0.39 is 30.5 Å². The van der Waals surface area contributed by atoms with E-state index in [1.165, 1.54) is 10.6 Å². The Bertz CT molecular complexity index is 402. The molecular weight excluding hydrogens is 362 g/mol. The van der Waals surface area contributed by atoms with E-state index in [1.54, 1.807) is 0 Å². The van der Waals surface area contributed by atoms with E-state index in [-0.39, 0.29) is 32.7 Å². The van der Waals surface area contributed by atoms with Gasteiger partial charge in [0.2, 0.25) is 0 Å². The van der Waals surface area contributed by atoms with Gasteiger partial charge in [-0.25, -0.2) is 0 Å². The fraction of sp³-hybridized carbons (Fsp3) is 0.818. The first kappa shape index (κ1) is 23.4. The Hall–Kier alpha value is -1.64. The highest BCUT2D eigenvalue weighted by Crippen LogP contribution is 2.16. The van der Waals surface area contributed by atoms with E-state index >= 15 is 0 Å². The number of alkyl halides is 6. The van der Waals surface area contributed by atoms with Crippen LogP contribution in [0.2, 0.25) is 0 Å². The second-order valence-corrected chi connectivity index (χ2v) is 4.71. The fourth-order valence-electron chi connectivity index (χ4n) is 1.62. The molecule has 0 aliphatic rings. The van der Waals surface area contributed by atoms with Crippen molar-refractivity contribution >= 4 is 11.8 Å². The number of nitrogens with one attached hydrogen (secondary N) is 3. The molecule has 0 unspecified atom stereocenters. The second-order valence-electron chi connectivity index (χ2n) is 4.71. The zero-order valence-electron chi connectivity index (χ0n) is 13.0. The summed E-state index contributed by atoms with van der Waals surface area (Å²) in [4.78, 5) is 23.0. The summed E-state index contributed by atoms with van der Waals surface area (Å²) in [5.41, 5.74) is 10.5. The summed E-state index contributed by atoms with van der Waals surface area (Å²) in [5.74, 6) is -5.01. The quantitative estimate of drug-likeness (QED) is 0.177. The van der Waals surface area contributed by atoms with Crippen LogP contribution in [0.3, 0.4) is 0 Å². The number of rotatable bonds is 10. The van der Waals surface area contributed by atoms with Crippen LogP contribution < -0.4 is 27.4 Å². The molecule has 25 heavy (non-hydrogen) atoms. The first-order valence-corrected chi connectivity index (χ1v) is 7.03. The number of amides is 2. The third-order valence-corrected chi connectivity index (χ3v) is 2.73. The molecular formula is C11H20F6N6O2. The average molecular weight is 382 g/mol. The summed E-state index contributed by atoms with van der Waals surface area (Å²) in [7, 11) is 0. The van der Waals surface area contributed by atoms with Crippen LogP contribution in [0, 0.1) is 0 Å². The molecule has 0 saturated carbocycles. The zero-order chi connectivity index (χ0) is 19.7. The van der Waals surface area contributed by atoms with Crippen molar-refractivity contribution in [1.29, 1.82) is 0 Å². The highest BCUT2D eigenvalue weighted by Gasteiger charge is 2.44. The number of carbonyl (C=O) groups excluding carboxylic acids is 2. The van der Waals surface area contributed by atoms with Gasteiger partial charge in [0.15, 0.2) is 6.29 Å². The molecule has 8 nitrogen and oxygen atoms in total. The van der Waals surface area contributed by atoms with Crippen molar-refractivity contribution in [3.63, 3.8) is 0 Å². The van der Waals surface area contributed by atoms with Crippen LogP contribution in [0.1, 0.15) is 0 Å². The first-order chi connectivity index (χ1) is 11.4. The maximum Gasteiger partial charge on any atom is 0.471 e. The predicted octanol–water partition coefficient (Wildman–Crippen LogP) is -1.56. The standard InChI is InChI=1S/C11H20F6N6O2/c12-10(13,14)7(24)21-9(22-8(25)11(15,16)17)23(5-2-19)6-4-20-3-1-18/h9,20H,1-6,18-19H2,(H,21,24)(H,22,25). The monoisotopic (exact) mass is 382 g/mol. The lowest BCUT2D eigenvalue weighted by Gasteiger charge is -2.32. The Balaban J connectivity index is 5.19. The molecule has 0 saturated heterocycles. The van der Waals surface area contributed by atoms with Crippen LogP contribution in [0.25, 0.3) is 0 Å². The van der Waals surface area contributed by atoms with Gasteiger partial charge in [0.05, 0.1) is 0 Å². The number of carbonyl (C=O) groups is 2. The lowest BCUT2D eigenvalue weighted by Crippen LogP contribution is -2.63. The summed E-state index contributed by atoms with van der Waals surface area (Å²) in [6.45, 7) is 0.291. The van der Waals surface area contributed by atoms with Gasteiger partial charge in [-0.15, -0.1) is 0 Å². The molecule has 0 fully saturated rings. The molecule has 7 N–H and O–H groups in total. The number of hydrogen-bond donors (Lipinski definition) is 5.